The van der Waals surface area contributed by atoms with Gasteiger partial charge in [0.1, 0.15) is 0 Å². The quantitative estimate of drug-likeness (QED) is 0.914. The molecule has 1 aromatic heterocycles. The minimum atomic E-state index is -0.176. The van der Waals surface area contributed by atoms with Crippen molar-refractivity contribution in [3.8, 4) is 11.3 Å². The number of thiazole rings is 1. The number of hydrogen-bond donors (Lipinski definition) is 2. The molecule has 114 valence electrons. The zero-order valence-corrected chi connectivity index (χ0v) is 13.1. The maximum Gasteiger partial charge on any atom is 0.231 e. The number of hydrogen-bond acceptors (Lipinski definition) is 4. The number of nitrogens with one attached hydrogen (secondary N) is 2. The van der Waals surface area contributed by atoms with E-state index in [4.69, 9.17) is 0 Å². The Morgan fingerprint density at radius 1 is 1.36 bits per heavy atom. The number of amides is 2. The normalized spacial score (nSPS) is 17.9. The molecule has 5 nitrogen and oxygen atoms in total. The predicted octanol–water partition coefficient (Wildman–Crippen LogP) is 2.58. The molecule has 0 unspecified atom stereocenters. The van der Waals surface area contributed by atoms with Crippen molar-refractivity contribution in [1.29, 1.82) is 0 Å². The van der Waals surface area contributed by atoms with Crippen molar-refractivity contribution in [2.24, 2.45) is 5.92 Å². The zero-order valence-electron chi connectivity index (χ0n) is 12.3. The van der Waals surface area contributed by atoms with Crippen molar-refractivity contribution in [2.75, 3.05) is 11.9 Å². The van der Waals surface area contributed by atoms with E-state index in [1.807, 2.05) is 36.6 Å². The molecule has 6 heteroatoms. The summed E-state index contributed by atoms with van der Waals surface area (Å²) in [6, 6.07) is 8.12. The van der Waals surface area contributed by atoms with Gasteiger partial charge >= 0.3 is 0 Å². The van der Waals surface area contributed by atoms with E-state index in [0.717, 1.165) is 11.3 Å². The van der Waals surface area contributed by atoms with Crippen LogP contribution in [0.15, 0.2) is 29.6 Å². The van der Waals surface area contributed by atoms with Crippen LogP contribution in [0.5, 0.6) is 0 Å². The highest BCUT2D eigenvalue weighted by molar-refractivity contribution is 7.14. The third-order valence-electron chi connectivity index (χ3n) is 3.72. The fraction of sp³-hybridized carbons (Fsp3) is 0.312. The summed E-state index contributed by atoms with van der Waals surface area (Å²) in [7, 11) is 0. The minimum Gasteiger partial charge on any atom is -0.355 e. The number of benzene rings is 1. The van der Waals surface area contributed by atoms with Gasteiger partial charge in [-0.3, -0.25) is 9.59 Å². The summed E-state index contributed by atoms with van der Waals surface area (Å²) in [5, 5.41) is 8.09. The molecule has 0 radical (unpaired) electrons. The molecule has 0 saturated carbocycles. The fourth-order valence-electron chi connectivity index (χ4n) is 2.35. The van der Waals surface area contributed by atoms with Crippen LogP contribution in [0.2, 0.25) is 0 Å². The van der Waals surface area contributed by atoms with Gasteiger partial charge < -0.3 is 10.6 Å². The third-order valence-corrected chi connectivity index (χ3v) is 4.48. The summed E-state index contributed by atoms with van der Waals surface area (Å²) in [5.41, 5.74) is 3.09. The topological polar surface area (TPSA) is 71.1 Å². The van der Waals surface area contributed by atoms with Gasteiger partial charge in [0.25, 0.3) is 0 Å². The van der Waals surface area contributed by atoms with Gasteiger partial charge in [0.05, 0.1) is 11.6 Å². The van der Waals surface area contributed by atoms with Gasteiger partial charge in [0.2, 0.25) is 11.8 Å². The molecule has 3 rings (SSSR count). The molecule has 22 heavy (non-hydrogen) atoms. The summed E-state index contributed by atoms with van der Waals surface area (Å²) in [6.07, 6.45) is 0.998. The zero-order chi connectivity index (χ0) is 15.5. The molecular formula is C16H17N3O2S. The van der Waals surface area contributed by atoms with Crippen molar-refractivity contribution in [2.45, 2.75) is 19.8 Å². The Kier molecular flexibility index (Phi) is 4.20. The summed E-state index contributed by atoms with van der Waals surface area (Å²) in [4.78, 5) is 27.7. The highest BCUT2D eigenvalue weighted by Gasteiger charge is 2.25. The Labute approximate surface area is 132 Å². The van der Waals surface area contributed by atoms with Gasteiger partial charge in [0.15, 0.2) is 5.13 Å². The molecular weight excluding hydrogens is 298 g/mol. The van der Waals surface area contributed by atoms with Crippen LogP contribution in [-0.2, 0) is 9.59 Å². The summed E-state index contributed by atoms with van der Waals surface area (Å²) >= 11 is 1.41. The molecule has 0 bridgehead atoms. The second-order valence-corrected chi connectivity index (χ2v) is 6.29. The first kappa shape index (κ1) is 14.7. The number of aryl methyl sites for hydroxylation is 1. The number of nitrogens with zero attached hydrogens (tertiary/aromatic N) is 1. The second-order valence-electron chi connectivity index (χ2n) is 5.43. The summed E-state index contributed by atoms with van der Waals surface area (Å²) in [5.74, 6) is -0.241. The molecule has 1 aliphatic rings. The van der Waals surface area contributed by atoms with E-state index in [1.165, 1.54) is 16.9 Å². The standard InChI is InChI=1S/C16H17N3O2S/c1-10-2-4-11(5-3-10)13-9-22-16(18-13)19-15(21)12-6-7-14(20)17-8-12/h2-5,9,12H,6-8H2,1H3,(H,17,20)(H,18,19,21)/t12-/m0/s1. The fourth-order valence-corrected chi connectivity index (χ4v) is 3.07. The number of carbonyl (C=O) groups excluding carboxylic acids is 2. The van der Waals surface area contributed by atoms with Crippen LogP contribution >= 0.6 is 11.3 Å². The van der Waals surface area contributed by atoms with E-state index in [1.54, 1.807) is 0 Å². The average Bonchev–Trinajstić information content (AvgIpc) is 2.97. The molecule has 2 aromatic rings. The van der Waals surface area contributed by atoms with Crippen LogP contribution in [-0.4, -0.2) is 23.3 Å². The lowest BCUT2D eigenvalue weighted by Gasteiger charge is -2.20. The Bertz CT molecular complexity index is 684. The predicted molar refractivity (Wildman–Crippen MR) is 86.7 cm³/mol. The van der Waals surface area contributed by atoms with Crippen molar-refractivity contribution in [3.05, 3.63) is 35.2 Å². The molecule has 2 amide bonds. The first-order valence-corrected chi connectivity index (χ1v) is 8.10. The van der Waals surface area contributed by atoms with E-state index < -0.39 is 0 Å². The van der Waals surface area contributed by atoms with Gasteiger partial charge in [-0.05, 0) is 13.3 Å². The Balaban J connectivity index is 1.65. The van der Waals surface area contributed by atoms with Gasteiger partial charge in [-0.1, -0.05) is 29.8 Å². The van der Waals surface area contributed by atoms with Gasteiger partial charge in [-0.25, -0.2) is 4.98 Å². The van der Waals surface area contributed by atoms with Gasteiger partial charge in [-0.2, -0.15) is 0 Å². The van der Waals surface area contributed by atoms with Crippen LogP contribution in [0, 0.1) is 12.8 Å². The molecule has 1 atom stereocenters. The number of anilines is 1. The van der Waals surface area contributed by atoms with Gasteiger partial charge in [-0.15, -0.1) is 11.3 Å². The molecule has 1 saturated heterocycles. The molecule has 0 aliphatic carbocycles. The Morgan fingerprint density at radius 3 is 2.82 bits per heavy atom. The number of carbonyl (C=O) groups is 2. The highest BCUT2D eigenvalue weighted by Crippen LogP contribution is 2.25. The van der Waals surface area contributed by atoms with E-state index in [2.05, 4.69) is 15.6 Å². The number of piperidine rings is 1. The van der Waals surface area contributed by atoms with Gasteiger partial charge in [0, 0.05) is 23.9 Å². The maximum absolute atomic E-state index is 12.2. The molecule has 2 N–H and O–H groups in total. The summed E-state index contributed by atoms with van der Waals surface area (Å²) < 4.78 is 0. The first-order valence-electron chi connectivity index (χ1n) is 7.22. The lowest BCUT2D eigenvalue weighted by Crippen LogP contribution is -2.40. The lowest BCUT2D eigenvalue weighted by molar-refractivity contribution is -0.126. The Hall–Kier alpha value is -2.21. The monoisotopic (exact) mass is 315 g/mol. The van der Waals surface area contributed by atoms with Crippen LogP contribution in [0.3, 0.4) is 0 Å². The van der Waals surface area contributed by atoms with Crippen LogP contribution in [0.4, 0.5) is 5.13 Å². The van der Waals surface area contributed by atoms with E-state index in [-0.39, 0.29) is 17.7 Å². The third kappa shape index (κ3) is 3.33. The highest BCUT2D eigenvalue weighted by atomic mass is 32.1. The molecule has 0 spiro atoms. The largest absolute Gasteiger partial charge is 0.355 e. The van der Waals surface area contributed by atoms with Crippen molar-refractivity contribution in [3.63, 3.8) is 0 Å². The van der Waals surface area contributed by atoms with Crippen molar-refractivity contribution < 1.29 is 9.59 Å². The Morgan fingerprint density at radius 2 is 2.14 bits per heavy atom. The first-order chi connectivity index (χ1) is 10.6. The molecule has 2 heterocycles. The maximum atomic E-state index is 12.2. The molecule has 1 aliphatic heterocycles. The van der Waals surface area contributed by atoms with E-state index in [9.17, 15) is 9.59 Å². The van der Waals surface area contributed by atoms with Crippen LogP contribution in [0.1, 0.15) is 18.4 Å². The average molecular weight is 315 g/mol. The SMILES string of the molecule is Cc1ccc(-c2csc(NC(=O)[C@H]3CCC(=O)NC3)n2)cc1. The summed E-state index contributed by atoms with van der Waals surface area (Å²) in [6.45, 7) is 2.44. The van der Waals surface area contributed by atoms with E-state index >= 15 is 0 Å². The van der Waals surface area contributed by atoms with Crippen LogP contribution in [0.25, 0.3) is 11.3 Å². The molecule has 1 fully saturated rings. The van der Waals surface area contributed by atoms with Crippen molar-refractivity contribution >= 4 is 28.3 Å². The second kappa shape index (κ2) is 6.27. The number of rotatable bonds is 3. The van der Waals surface area contributed by atoms with Crippen LogP contribution < -0.4 is 10.6 Å². The number of aromatic nitrogens is 1. The molecule has 1 aromatic carbocycles. The smallest absolute Gasteiger partial charge is 0.231 e. The van der Waals surface area contributed by atoms with Crippen molar-refractivity contribution in [1.82, 2.24) is 10.3 Å². The van der Waals surface area contributed by atoms with E-state index in [0.29, 0.717) is 24.5 Å². The lowest BCUT2D eigenvalue weighted by atomic mass is 9.98. The minimum absolute atomic E-state index is 0.0138.